The number of nitrogens with zero attached hydrogens (tertiary/aromatic N) is 1. The van der Waals surface area contributed by atoms with E-state index in [2.05, 4.69) is 0 Å². The van der Waals surface area contributed by atoms with Crippen molar-refractivity contribution in [3.8, 4) is 11.3 Å². The molecule has 0 radical (unpaired) electrons. The first kappa shape index (κ1) is 12.1. The van der Waals surface area contributed by atoms with Crippen LogP contribution in [0.2, 0.25) is 0 Å². The topological polar surface area (TPSA) is 93.8 Å². The van der Waals surface area contributed by atoms with Gasteiger partial charge in [0.05, 0.1) is 22.5 Å². The van der Waals surface area contributed by atoms with Crippen molar-refractivity contribution in [2.45, 2.75) is 0 Å². The predicted octanol–water partition coefficient (Wildman–Crippen LogP) is 2.47. The number of aromatic nitrogens is 1. The number of hydrogen-bond acceptors (Lipinski definition) is 3. The molecule has 0 unspecified atom stereocenters. The molecule has 2 heterocycles. The van der Waals surface area contributed by atoms with Gasteiger partial charge in [-0.05, 0) is 30.3 Å². The van der Waals surface area contributed by atoms with Gasteiger partial charge in [0, 0.05) is 17.4 Å². The highest BCUT2D eigenvalue weighted by Crippen LogP contribution is 2.29. The Balaban J connectivity index is 2.21. The summed E-state index contributed by atoms with van der Waals surface area (Å²) in [4.78, 5) is 11.0. The van der Waals surface area contributed by atoms with Crippen molar-refractivity contribution in [1.29, 1.82) is 0 Å². The van der Waals surface area contributed by atoms with Crippen LogP contribution in [0.5, 0.6) is 0 Å². The number of rotatable bonds is 2. The van der Waals surface area contributed by atoms with E-state index in [1.54, 1.807) is 12.1 Å². The molecule has 0 amide bonds. The number of fused-ring (bicyclic) bond motifs is 1. The Hall–Kier alpha value is -2.95. The lowest BCUT2D eigenvalue weighted by molar-refractivity contribution is 0.0698. The summed E-state index contributed by atoms with van der Waals surface area (Å²) < 4.78 is 1.95. The molecule has 20 heavy (non-hydrogen) atoms. The van der Waals surface area contributed by atoms with Crippen LogP contribution in [-0.4, -0.2) is 15.5 Å². The molecular formula is C15H13N3O2. The van der Waals surface area contributed by atoms with Gasteiger partial charge >= 0.3 is 5.97 Å². The second-order valence-electron chi connectivity index (χ2n) is 4.55. The molecule has 0 atom stereocenters. The summed E-state index contributed by atoms with van der Waals surface area (Å²) in [6, 6.07) is 12.5. The van der Waals surface area contributed by atoms with Crippen molar-refractivity contribution in [3.05, 3.63) is 54.2 Å². The van der Waals surface area contributed by atoms with E-state index in [1.807, 2.05) is 34.9 Å². The molecule has 0 aliphatic heterocycles. The van der Waals surface area contributed by atoms with Crippen LogP contribution in [0.4, 0.5) is 11.4 Å². The Bertz CT molecular complexity index is 821. The number of nitrogen functional groups attached to an aromatic ring is 2. The molecule has 3 aromatic rings. The van der Waals surface area contributed by atoms with E-state index in [9.17, 15) is 4.79 Å². The second kappa shape index (κ2) is 4.31. The maximum Gasteiger partial charge on any atom is 0.337 e. The third-order valence-electron chi connectivity index (χ3n) is 3.29. The zero-order chi connectivity index (χ0) is 14.3. The van der Waals surface area contributed by atoms with Crippen molar-refractivity contribution < 1.29 is 9.90 Å². The van der Waals surface area contributed by atoms with Crippen LogP contribution in [0.15, 0.2) is 48.7 Å². The molecule has 5 N–H and O–H groups in total. The fourth-order valence-electron chi connectivity index (χ4n) is 2.32. The number of anilines is 2. The number of aromatic carboxylic acids is 1. The van der Waals surface area contributed by atoms with Crippen molar-refractivity contribution in [3.63, 3.8) is 0 Å². The second-order valence-corrected chi connectivity index (χ2v) is 4.55. The van der Waals surface area contributed by atoms with E-state index in [1.165, 1.54) is 6.07 Å². The highest BCUT2D eigenvalue weighted by atomic mass is 16.4. The number of nitrogens with two attached hydrogens (primary N) is 2. The number of carboxylic acid groups (broad SMARTS) is 1. The van der Waals surface area contributed by atoms with Gasteiger partial charge < -0.3 is 21.0 Å². The highest BCUT2D eigenvalue weighted by Gasteiger charge is 2.12. The normalized spacial score (nSPS) is 10.8. The van der Waals surface area contributed by atoms with Crippen molar-refractivity contribution in [2.75, 3.05) is 11.5 Å². The molecule has 0 fully saturated rings. The standard InChI is InChI=1S/C15H13N3O2/c16-11-7-9(4-5-10(11)15(19)20)14-8-12(17)13-3-1-2-6-18(13)14/h1-8H,16-17H2,(H,19,20). The van der Waals surface area contributed by atoms with Gasteiger partial charge in [-0.2, -0.15) is 0 Å². The lowest BCUT2D eigenvalue weighted by atomic mass is 10.1. The average molecular weight is 267 g/mol. The molecule has 100 valence electrons. The van der Waals surface area contributed by atoms with Gasteiger partial charge in [0.15, 0.2) is 0 Å². The van der Waals surface area contributed by atoms with Crippen LogP contribution in [-0.2, 0) is 0 Å². The Morgan fingerprint density at radius 1 is 1.05 bits per heavy atom. The molecule has 0 saturated heterocycles. The minimum atomic E-state index is -1.03. The number of hydrogen-bond donors (Lipinski definition) is 3. The maximum atomic E-state index is 11.0. The first-order chi connectivity index (χ1) is 9.58. The quantitative estimate of drug-likeness (QED) is 0.622. The summed E-state index contributed by atoms with van der Waals surface area (Å²) in [6.07, 6.45) is 1.91. The van der Waals surface area contributed by atoms with E-state index in [-0.39, 0.29) is 11.3 Å². The summed E-state index contributed by atoms with van der Waals surface area (Å²) in [5.41, 5.74) is 15.4. The fourth-order valence-corrected chi connectivity index (χ4v) is 2.32. The Morgan fingerprint density at radius 2 is 1.85 bits per heavy atom. The first-order valence-electron chi connectivity index (χ1n) is 6.06. The fraction of sp³-hybridized carbons (Fsp3) is 0. The minimum absolute atomic E-state index is 0.0996. The third kappa shape index (κ3) is 1.76. The first-order valence-corrected chi connectivity index (χ1v) is 6.06. The summed E-state index contributed by atoms with van der Waals surface area (Å²) >= 11 is 0. The van der Waals surface area contributed by atoms with Gasteiger partial charge in [-0.3, -0.25) is 0 Å². The summed E-state index contributed by atoms with van der Waals surface area (Å²) in [5.74, 6) is -1.03. The lowest BCUT2D eigenvalue weighted by Gasteiger charge is -2.06. The van der Waals surface area contributed by atoms with E-state index in [0.717, 1.165) is 16.8 Å². The molecule has 0 spiro atoms. The minimum Gasteiger partial charge on any atom is -0.478 e. The molecule has 5 heteroatoms. The number of pyridine rings is 1. The van der Waals surface area contributed by atoms with Crippen LogP contribution in [0.3, 0.4) is 0 Å². The smallest absolute Gasteiger partial charge is 0.337 e. The van der Waals surface area contributed by atoms with Crippen LogP contribution >= 0.6 is 0 Å². The van der Waals surface area contributed by atoms with Crippen molar-refractivity contribution in [1.82, 2.24) is 4.40 Å². The van der Waals surface area contributed by atoms with Gasteiger partial charge in [-0.1, -0.05) is 12.1 Å². The number of carboxylic acids is 1. The van der Waals surface area contributed by atoms with Crippen LogP contribution < -0.4 is 11.5 Å². The third-order valence-corrected chi connectivity index (χ3v) is 3.29. The van der Waals surface area contributed by atoms with Gasteiger partial charge in [0.1, 0.15) is 0 Å². The van der Waals surface area contributed by atoms with Gasteiger partial charge in [-0.25, -0.2) is 4.79 Å². The van der Waals surface area contributed by atoms with Crippen molar-refractivity contribution >= 4 is 22.9 Å². The molecule has 0 saturated carbocycles. The van der Waals surface area contributed by atoms with Gasteiger partial charge in [-0.15, -0.1) is 0 Å². The summed E-state index contributed by atoms with van der Waals surface area (Å²) in [7, 11) is 0. The molecule has 2 aromatic heterocycles. The number of carbonyl (C=O) groups is 1. The largest absolute Gasteiger partial charge is 0.478 e. The van der Waals surface area contributed by atoms with E-state index < -0.39 is 5.97 Å². The molecule has 3 rings (SSSR count). The SMILES string of the molecule is Nc1cc(-c2cc(N)c3ccccn23)ccc1C(=O)O. The highest BCUT2D eigenvalue weighted by molar-refractivity contribution is 5.95. The van der Waals surface area contributed by atoms with Gasteiger partial charge in [0.25, 0.3) is 0 Å². The van der Waals surface area contributed by atoms with E-state index >= 15 is 0 Å². The predicted molar refractivity (Wildman–Crippen MR) is 78.6 cm³/mol. The zero-order valence-electron chi connectivity index (χ0n) is 10.6. The average Bonchev–Trinajstić information content (AvgIpc) is 2.76. The monoisotopic (exact) mass is 267 g/mol. The summed E-state index contributed by atoms with van der Waals surface area (Å²) in [6.45, 7) is 0. The Morgan fingerprint density at radius 3 is 2.55 bits per heavy atom. The number of benzene rings is 1. The molecule has 0 aliphatic carbocycles. The lowest BCUT2D eigenvalue weighted by Crippen LogP contribution is -2.02. The zero-order valence-corrected chi connectivity index (χ0v) is 10.6. The van der Waals surface area contributed by atoms with Crippen LogP contribution in [0.25, 0.3) is 16.8 Å². The van der Waals surface area contributed by atoms with E-state index in [4.69, 9.17) is 16.6 Å². The molecular weight excluding hydrogens is 254 g/mol. The Kier molecular flexibility index (Phi) is 2.61. The molecule has 0 bridgehead atoms. The van der Waals surface area contributed by atoms with Gasteiger partial charge in [0.2, 0.25) is 0 Å². The summed E-state index contributed by atoms with van der Waals surface area (Å²) in [5, 5.41) is 9.00. The van der Waals surface area contributed by atoms with Crippen molar-refractivity contribution in [2.24, 2.45) is 0 Å². The molecule has 0 aliphatic rings. The molecule has 5 nitrogen and oxygen atoms in total. The van der Waals surface area contributed by atoms with Crippen LogP contribution in [0, 0.1) is 0 Å². The molecule has 1 aromatic carbocycles. The van der Waals surface area contributed by atoms with Crippen LogP contribution in [0.1, 0.15) is 10.4 Å². The van der Waals surface area contributed by atoms with E-state index in [0.29, 0.717) is 5.69 Å². The Labute approximate surface area is 115 Å². The maximum absolute atomic E-state index is 11.0.